The molecule has 1 unspecified atom stereocenters. The third kappa shape index (κ3) is 4.93. The Morgan fingerprint density at radius 3 is 2.77 bits per heavy atom. The van der Waals surface area contributed by atoms with Crippen molar-refractivity contribution in [3.63, 3.8) is 0 Å². The van der Waals surface area contributed by atoms with Gasteiger partial charge < -0.3 is 10.2 Å². The minimum atomic E-state index is -0.175. The van der Waals surface area contributed by atoms with Gasteiger partial charge in [-0.2, -0.15) is 0 Å². The summed E-state index contributed by atoms with van der Waals surface area (Å²) in [6, 6.07) is 11.8. The molecule has 1 fully saturated rings. The van der Waals surface area contributed by atoms with E-state index in [9.17, 15) is 4.39 Å². The number of nitrogens with zero attached hydrogens (tertiary/aromatic N) is 3. The molecule has 0 bridgehead atoms. The third-order valence-corrected chi connectivity index (χ3v) is 4.92. The van der Waals surface area contributed by atoms with Gasteiger partial charge in [0.15, 0.2) is 0 Å². The van der Waals surface area contributed by atoms with Crippen molar-refractivity contribution in [2.24, 2.45) is 0 Å². The number of benzene rings is 1. The van der Waals surface area contributed by atoms with Crippen LogP contribution >= 0.6 is 12.4 Å². The predicted molar refractivity (Wildman–Crippen MR) is 107 cm³/mol. The van der Waals surface area contributed by atoms with Crippen LogP contribution < -0.4 is 10.2 Å². The average molecular weight is 379 g/mol. The lowest BCUT2D eigenvalue weighted by atomic mass is 10.0. The first-order valence-electron chi connectivity index (χ1n) is 8.92. The second-order valence-electron chi connectivity index (χ2n) is 6.97. The van der Waals surface area contributed by atoms with E-state index < -0.39 is 0 Å². The van der Waals surface area contributed by atoms with E-state index in [4.69, 9.17) is 0 Å². The first-order valence-corrected chi connectivity index (χ1v) is 8.92. The molecule has 4 nitrogen and oxygen atoms in total. The van der Waals surface area contributed by atoms with Crippen molar-refractivity contribution in [1.82, 2.24) is 15.2 Å². The lowest BCUT2D eigenvalue weighted by Crippen LogP contribution is -2.45. The summed E-state index contributed by atoms with van der Waals surface area (Å²) in [7, 11) is 2.06. The standard InChI is InChI=1S/C20H27FN4.ClH/c1-15(2)24(3)20-8-7-16(12-23-20)14-25-10-9-22-13-19(25)17-5-4-6-18(21)11-17;/h4-8,11-12,15,19,22H,9-10,13-14H2,1-3H3;1H. The predicted octanol–water partition coefficient (Wildman–Crippen LogP) is 3.63. The van der Waals surface area contributed by atoms with Crippen LogP contribution in [0.2, 0.25) is 0 Å². The molecule has 0 saturated carbocycles. The number of hydrogen-bond donors (Lipinski definition) is 1. The Bertz CT molecular complexity index is 692. The number of anilines is 1. The van der Waals surface area contributed by atoms with Gasteiger partial charge in [-0.05, 0) is 43.2 Å². The molecule has 0 spiro atoms. The van der Waals surface area contributed by atoms with Gasteiger partial charge in [-0.25, -0.2) is 9.37 Å². The van der Waals surface area contributed by atoms with E-state index in [0.29, 0.717) is 6.04 Å². The smallest absolute Gasteiger partial charge is 0.128 e. The molecule has 2 heterocycles. The first-order chi connectivity index (χ1) is 12.0. The molecule has 2 aromatic rings. The van der Waals surface area contributed by atoms with Gasteiger partial charge in [0, 0.05) is 51.5 Å². The molecule has 1 N–H and O–H groups in total. The summed E-state index contributed by atoms with van der Waals surface area (Å²) in [4.78, 5) is 9.15. The van der Waals surface area contributed by atoms with Gasteiger partial charge >= 0.3 is 0 Å². The van der Waals surface area contributed by atoms with E-state index in [2.05, 4.69) is 53.1 Å². The van der Waals surface area contributed by atoms with Crippen molar-refractivity contribution in [3.05, 3.63) is 59.5 Å². The van der Waals surface area contributed by atoms with E-state index in [1.54, 1.807) is 12.1 Å². The Morgan fingerprint density at radius 1 is 1.31 bits per heavy atom. The zero-order chi connectivity index (χ0) is 17.8. The summed E-state index contributed by atoms with van der Waals surface area (Å²) in [5.74, 6) is 0.812. The van der Waals surface area contributed by atoms with Crippen molar-refractivity contribution in [1.29, 1.82) is 0 Å². The van der Waals surface area contributed by atoms with Gasteiger partial charge in [0.05, 0.1) is 0 Å². The largest absolute Gasteiger partial charge is 0.357 e. The fourth-order valence-corrected chi connectivity index (χ4v) is 3.20. The highest BCUT2D eigenvalue weighted by molar-refractivity contribution is 5.85. The van der Waals surface area contributed by atoms with Crippen molar-refractivity contribution in [2.75, 3.05) is 31.6 Å². The van der Waals surface area contributed by atoms with Crippen LogP contribution in [0.25, 0.3) is 0 Å². The molecule has 0 aliphatic carbocycles. The number of piperazine rings is 1. The van der Waals surface area contributed by atoms with Crippen LogP contribution in [0.1, 0.15) is 31.0 Å². The lowest BCUT2D eigenvalue weighted by Gasteiger charge is -2.36. The highest BCUT2D eigenvalue weighted by Gasteiger charge is 2.24. The molecular formula is C20H28ClFN4. The molecule has 142 valence electrons. The summed E-state index contributed by atoms with van der Waals surface area (Å²) in [6.45, 7) is 7.86. The minimum absolute atomic E-state index is 0. The van der Waals surface area contributed by atoms with E-state index >= 15 is 0 Å². The van der Waals surface area contributed by atoms with Gasteiger partial charge in [0.1, 0.15) is 11.6 Å². The molecule has 1 saturated heterocycles. The number of pyridine rings is 1. The second-order valence-corrected chi connectivity index (χ2v) is 6.97. The molecule has 26 heavy (non-hydrogen) atoms. The van der Waals surface area contributed by atoms with Crippen LogP contribution in [0.3, 0.4) is 0 Å². The van der Waals surface area contributed by atoms with Gasteiger partial charge in [-0.3, -0.25) is 4.90 Å². The van der Waals surface area contributed by atoms with Crippen LogP contribution in [0.15, 0.2) is 42.6 Å². The highest BCUT2D eigenvalue weighted by Crippen LogP contribution is 2.25. The van der Waals surface area contributed by atoms with Crippen molar-refractivity contribution in [2.45, 2.75) is 32.5 Å². The Kier molecular flexibility index (Phi) is 7.38. The molecule has 1 aromatic heterocycles. The molecule has 1 aliphatic heterocycles. The highest BCUT2D eigenvalue weighted by atomic mass is 35.5. The number of aromatic nitrogens is 1. The van der Waals surface area contributed by atoms with Crippen LogP contribution in [0.5, 0.6) is 0 Å². The third-order valence-electron chi connectivity index (χ3n) is 4.92. The summed E-state index contributed by atoms with van der Waals surface area (Å²) >= 11 is 0. The maximum Gasteiger partial charge on any atom is 0.128 e. The Labute approximate surface area is 161 Å². The summed E-state index contributed by atoms with van der Waals surface area (Å²) in [6.07, 6.45) is 1.96. The fraction of sp³-hybridized carbons (Fsp3) is 0.450. The van der Waals surface area contributed by atoms with Crippen molar-refractivity contribution in [3.8, 4) is 0 Å². The first kappa shape index (κ1) is 20.6. The molecule has 0 radical (unpaired) electrons. The Hall–Kier alpha value is -1.69. The normalized spacial score (nSPS) is 17.8. The van der Waals surface area contributed by atoms with Crippen molar-refractivity contribution < 1.29 is 4.39 Å². The lowest BCUT2D eigenvalue weighted by molar-refractivity contribution is 0.153. The molecule has 6 heteroatoms. The van der Waals surface area contributed by atoms with Gasteiger partial charge in [-0.1, -0.05) is 18.2 Å². The van der Waals surface area contributed by atoms with Crippen LogP contribution in [0, 0.1) is 5.82 Å². The minimum Gasteiger partial charge on any atom is -0.357 e. The number of rotatable bonds is 5. The molecular weight excluding hydrogens is 351 g/mol. The second kappa shape index (κ2) is 9.31. The Morgan fingerprint density at radius 2 is 2.12 bits per heavy atom. The Balaban J connectivity index is 0.00000243. The van der Waals surface area contributed by atoms with Crippen LogP contribution in [-0.4, -0.2) is 42.6 Å². The average Bonchev–Trinajstić information content (AvgIpc) is 2.62. The number of halogens is 2. The summed E-state index contributed by atoms with van der Waals surface area (Å²) in [5.41, 5.74) is 2.21. The van der Waals surface area contributed by atoms with E-state index in [0.717, 1.165) is 37.6 Å². The van der Waals surface area contributed by atoms with Gasteiger partial charge in [-0.15, -0.1) is 12.4 Å². The summed E-state index contributed by atoms with van der Waals surface area (Å²) < 4.78 is 13.6. The SMILES string of the molecule is CC(C)N(C)c1ccc(CN2CCNCC2c2cccc(F)c2)cn1.Cl. The van der Waals surface area contributed by atoms with Crippen LogP contribution in [0.4, 0.5) is 10.2 Å². The fourth-order valence-electron chi connectivity index (χ4n) is 3.20. The maximum absolute atomic E-state index is 13.6. The van der Waals surface area contributed by atoms with Crippen LogP contribution in [-0.2, 0) is 6.54 Å². The zero-order valence-corrected chi connectivity index (χ0v) is 16.5. The molecule has 1 atom stereocenters. The summed E-state index contributed by atoms with van der Waals surface area (Å²) in [5, 5.41) is 3.42. The number of hydrogen-bond acceptors (Lipinski definition) is 4. The maximum atomic E-state index is 13.6. The molecule has 0 amide bonds. The molecule has 3 rings (SSSR count). The van der Waals surface area contributed by atoms with E-state index in [-0.39, 0.29) is 24.3 Å². The number of nitrogens with one attached hydrogen (secondary N) is 1. The molecule has 1 aromatic carbocycles. The van der Waals surface area contributed by atoms with Gasteiger partial charge in [0.25, 0.3) is 0 Å². The quantitative estimate of drug-likeness (QED) is 0.860. The van der Waals surface area contributed by atoms with E-state index in [1.807, 2.05) is 12.3 Å². The van der Waals surface area contributed by atoms with Crippen molar-refractivity contribution >= 4 is 18.2 Å². The molecule has 1 aliphatic rings. The zero-order valence-electron chi connectivity index (χ0n) is 15.7. The monoisotopic (exact) mass is 378 g/mol. The van der Waals surface area contributed by atoms with E-state index in [1.165, 1.54) is 11.6 Å². The topological polar surface area (TPSA) is 31.4 Å². The van der Waals surface area contributed by atoms with Gasteiger partial charge in [0.2, 0.25) is 0 Å².